The summed E-state index contributed by atoms with van der Waals surface area (Å²) in [6.45, 7) is 0. The van der Waals surface area contributed by atoms with Crippen molar-refractivity contribution in [1.82, 2.24) is 9.78 Å². The van der Waals surface area contributed by atoms with E-state index in [9.17, 15) is 13.2 Å². The molecule has 1 aromatic heterocycles. The van der Waals surface area contributed by atoms with Gasteiger partial charge in [0.25, 0.3) is 0 Å². The minimum absolute atomic E-state index is 0.0547. The molecule has 0 atom stereocenters. The van der Waals surface area contributed by atoms with Crippen LogP contribution in [-0.4, -0.2) is 35.0 Å². The zero-order valence-corrected chi connectivity index (χ0v) is 11.5. The first-order valence-corrected chi connectivity index (χ1v) is 7.68. The van der Waals surface area contributed by atoms with Gasteiger partial charge in [-0.2, -0.15) is 5.10 Å². The maximum Gasteiger partial charge on any atom is 0.356 e. The van der Waals surface area contributed by atoms with Gasteiger partial charge in [0.2, 0.25) is 0 Å². The number of aromatic nitrogens is 2. The number of sulfone groups is 1. The Kier molecular flexibility index (Phi) is 2.68. The first-order chi connectivity index (χ1) is 9.40. The summed E-state index contributed by atoms with van der Waals surface area (Å²) in [7, 11) is -1.56. The molecule has 1 aliphatic rings. The Morgan fingerprint density at radius 2 is 2.15 bits per heavy atom. The summed E-state index contributed by atoms with van der Waals surface area (Å²) in [6, 6.07) is 6.52. The third kappa shape index (κ3) is 1.82. The van der Waals surface area contributed by atoms with Gasteiger partial charge in [0.1, 0.15) is 0 Å². The number of carbonyl (C=O) groups is 1. The van der Waals surface area contributed by atoms with Gasteiger partial charge >= 0.3 is 5.97 Å². The molecular weight excluding hydrogens is 280 g/mol. The average Bonchev–Trinajstić information content (AvgIpc) is 2.91. The highest BCUT2D eigenvalue weighted by Gasteiger charge is 2.29. The Morgan fingerprint density at radius 3 is 2.80 bits per heavy atom. The zero-order valence-electron chi connectivity index (χ0n) is 10.7. The van der Waals surface area contributed by atoms with Crippen LogP contribution in [-0.2, 0) is 23.3 Å². The van der Waals surface area contributed by atoms with Crippen LogP contribution in [0.1, 0.15) is 16.1 Å². The number of fused-ring (bicyclic) bond motifs is 1. The largest absolute Gasteiger partial charge is 0.476 e. The van der Waals surface area contributed by atoms with Crippen LogP contribution in [0.3, 0.4) is 0 Å². The summed E-state index contributed by atoms with van der Waals surface area (Å²) in [4.78, 5) is 11.3. The monoisotopic (exact) mass is 292 g/mol. The van der Waals surface area contributed by atoms with Gasteiger partial charge in [0.05, 0.1) is 16.3 Å². The molecule has 1 aliphatic heterocycles. The van der Waals surface area contributed by atoms with Crippen molar-refractivity contribution >= 4 is 15.8 Å². The van der Waals surface area contributed by atoms with Crippen molar-refractivity contribution in [3.8, 4) is 11.3 Å². The van der Waals surface area contributed by atoms with E-state index in [-0.39, 0.29) is 11.4 Å². The fraction of sp³-hybridized carbons (Fsp3) is 0.231. The van der Waals surface area contributed by atoms with Crippen molar-refractivity contribution in [1.29, 1.82) is 0 Å². The molecule has 104 valence electrons. The normalized spacial score (nSPS) is 16.1. The summed E-state index contributed by atoms with van der Waals surface area (Å²) in [5.41, 5.74) is 2.02. The van der Waals surface area contributed by atoms with Crippen molar-refractivity contribution in [2.45, 2.75) is 11.3 Å². The summed E-state index contributed by atoms with van der Waals surface area (Å²) in [5.74, 6) is -1.00. The molecule has 3 rings (SSSR count). The summed E-state index contributed by atoms with van der Waals surface area (Å²) < 4.78 is 25.3. The van der Waals surface area contributed by atoms with Crippen LogP contribution in [0.15, 0.2) is 29.2 Å². The molecule has 7 heteroatoms. The highest BCUT2D eigenvalue weighted by Crippen LogP contribution is 2.34. The molecule has 1 N–H and O–H groups in total. The fourth-order valence-corrected chi connectivity index (χ4v) is 4.09. The minimum Gasteiger partial charge on any atom is -0.476 e. The van der Waals surface area contributed by atoms with Gasteiger partial charge < -0.3 is 5.11 Å². The average molecular weight is 292 g/mol. The Hall–Kier alpha value is -2.15. The number of aryl methyl sites for hydroxylation is 1. The van der Waals surface area contributed by atoms with Crippen molar-refractivity contribution < 1.29 is 18.3 Å². The second kappa shape index (κ2) is 4.17. The standard InChI is InChI=1S/C13H12N2O4S/c1-15-11(7-10(14-15)13(16)17)8-3-2-4-12-9(8)5-6-20(12,18)19/h2-4,7H,5-6H2,1H3,(H,16,17). The quantitative estimate of drug-likeness (QED) is 0.895. The number of hydrogen-bond acceptors (Lipinski definition) is 4. The van der Waals surface area contributed by atoms with Crippen molar-refractivity contribution in [2.24, 2.45) is 7.05 Å². The van der Waals surface area contributed by atoms with Crippen LogP contribution in [0.25, 0.3) is 11.3 Å². The van der Waals surface area contributed by atoms with Gasteiger partial charge in [0, 0.05) is 12.6 Å². The minimum atomic E-state index is -3.20. The maximum absolute atomic E-state index is 11.9. The molecule has 20 heavy (non-hydrogen) atoms. The van der Waals surface area contributed by atoms with E-state index in [1.165, 1.54) is 10.7 Å². The van der Waals surface area contributed by atoms with Crippen molar-refractivity contribution in [2.75, 3.05) is 5.75 Å². The van der Waals surface area contributed by atoms with E-state index in [0.717, 1.165) is 11.1 Å². The molecule has 0 fully saturated rings. The Bertz CT molecular complexity index is 821. The van der Waals surface area contributed by atoms with Gasteiger partial charge in [-0.1, -0.05) is 12.1 Å². The smallest absolute Gasteiger partial charge is 0.356 e. The molecule has 0 unspecified atom stereocenters. The summed E-state index contributed by atoms with van der Waals surface area (Å²) >= 11 is 0. The van der Waals surface area contributed by atoms with Crippen LogP contribution < -0.4 is 0 Å². The molecule has 0 radical (unpaired) electrons. The molecule has 0 saturated heterocycles. The Balaban J connectivity index is 2.23. The molecule has 2 aromatic rings. The SMILES string of the molecule is Cn1nc(C(=O)O)cc1-c1cccc2c1CCS2(=O)=O. The van der Waals surface area contributed by atoms with Crippen LogP contribution in [0.2, 0.25) is 0 Å². The second-order valence-corrected chi connectivity index (χ2v) is 6.77. The number of rotatable bonds is 2. The lowest BCUT2D eigenvalue weighted by Crippen LogP contribution is -2.00. The molecule has 0 saturated carbocycles. The third-order valence-corrected chi connectivity index (χ3v) is 5.26. The van der Waals surface area contributed by atoms with Crippen LogP contribution in [0.4, 0.5) is 0 Å². The van der Waals surface area contributed by atoms with Crippen molar-refractivity contribution in [3.63, 3.8) is 0 Å². The Morgan fingerprint density at radius 1 is 1.40 bits per heavy atom. The first-order valence-electron chi connectivity index (χ1n) is 6.02. The van der Waals surface area contributed by atoms with Crippen LogP contribution in [0.5, 0.6) is 0 Å². The molecule has 0 bridgehead atoms. The first kappa shape index (κ1) is 12.9. The van der Waals surface area contributed by atoms with E-state index in [2.05, 4.69) is 5.10 Å². The van der Waals surface area contributed by atoms with E-state index < -0.39 is 15.8 Å². The number of carboxylic acid groups (broad SMARTS) is 1. The highest BCUT2D eigenvalue weighted by atomic mass is 32.2. The summed E-state index contributed by atoms with van der Waals surface area (Å²) in [6.07, 6.45) is 0.446. The summed E-state index contributed by atoms with van der Waals surface area (Å²) in [5, 5.41) is 12.9. The van der Waals surface area contributed by atoms with Gasteiger partial charge in [-0.15, -0.1) is 0 Å². The highest BCUT2D eigenvalue weighted by molar-refractivity contribution is 7.91. The number of nitrogens with zero attached hydrogens (tertiary/aromatic N) is 2. The van der Waals surface area contributed by atoms with E-state index in [1.807, 2.05) is 0 Å². The van der Waals surface area contributed by atoms with Gasteiger partial charge in [-0.25, -0.2) is 13.2 Å². The van der Waals surface area contributed by atoms with Crippen LogP contribution >= 0.6 is 0 Å². The molecule has 0 amide bonds. The molecule has 1 aromatic carbocycles. The molecule has 6 nitrogen and oxygen atoms in total. The predicted molar refractivity (Wildman–Crippen MR) is 71.4 cm³/mol. The number of benzene rings is 1. The van der Waals surface area contributed by atoms with Gasteiger partial charge in [-0.3, -0.25) is 4.68 Å². The van der Waals surface area contributed by atoms with Crippen molar-refractivity contribution in [3.05, 3.63) is 35.5 Å². The van der Waals surface area contributed by atoms with E-state index in [4.69, 9.17) is 5.11 Å². The maximum atomic E-state index is 11.9. The fourth-order valence-electron chi connectivity index (χ4n) is 2.53. The lowest BCUT2D eigenvalue weighted by atomic mass is 10.0. The number of aromatic carboxylic acids is 1. The number of carboxylic acids is 1. The van der Waals surface area contributed by atoms with Crippen LogP contribution in [0, 0.1) is 0 Å². The molecule has 0 aliphatic carbocycles. The zero-order chi connectivity index (χ0) is 14.5. The predicted octanol–water partition coefficient (Wildman–Crippen LogP) is 1.12. The Labute approximate surface area is 115 Å². The molecule has 2 heterocycles. The lowest BCUT2D eigenvalue weighted by molar-refractivity contribution is 0.0689. The van der Waals surface area contributed by atoms with Gasteiger partial charge in [0.15, 0.2) is 15.5 Å². The molecular formula is C13H12N2O4S. The van der Waals surface area contributed by atoms with Gasteiger partial charge in [-0.05, 0) is 24.1 Å². The number of hydrogen-bond donors (Lipinski definition) is 1. The second-order valence-electron chi connectivity index (χ2n) is 4.69. The third-order valence-electron chi connectivity index (χ3n) is 3.46. The van der Waals surface area contributed by atoms with E-state index in [0.29, 0.717) is 17.0 Å². The van der Waals surface area contributed by atoms with E-state index in [1.54, 1.807) is 25.2 Å². The lowest BCUT2D eigenvalue weighted by Gasteiger charge is -2.07. The topological polar surface area (TPSA) is 89.3 Å². The molecule has 0 spiro atoms. The van der Waals surface area contributed by atoms with E-state index >= 15 is 0 Å².